The minimum absolute atomic E-state index is 0.00981. The van der Waals surface area contributed by atoms with Crippen LogP contribution < -0.4 is 4.74 Å². The average Bonchev–Trinajstić information content (AvgIpc) is 2.75. The predicted molar refractivity (Wildman–Crippen MR) is 119 cm³/mol. The van der Waals surface area contributed by atoms with Crippen LogP contribution >= 0.6 is 15.9 Å². The molecule has 0 N–H and O–H groups in total. The molecule has 0 bridgehead atoms. The first-order valence-electron chi connectivity index (χ1n) is 10.0. The number of carbonyl (C=O) groups is 2. The zero-order valence-electron chi connectivity index (χ0n) is 17.7. The Bertz CT molecular complexity index is 1020. The van der Waals surface area contributed by atoms with E-state index in [1.165, 1.54) is 18.2 Å². The molecule has 1 fully saturated rings. The fourth-order valence-corrected chi connectivity index (χ4v) is 4.33. The maximum Gasteiger partial charge on any atom is 0.271 e. The van der Waals surface area contributed by atoms with E-state index in [1.807, 2.05) is 13.8 Å². The van der Waals surface area contributed by atoms with E-state index in [1.54, 1.807) is 17.0 Å². The molecule has 0 spiro atoms. The van der Waals surface area contributed by atoms with Crippen molar-refractivity contribution >= 4 is 33.8 Å². The largest absolute Gasteiger partial charge is 0.482 e. The van der Waals surface area contributed by atoms with Gasteiger partial charge in [0, 0.05) is 43.9 Å². The van der Waals surface area contributed by atoms with Gasteiger partial charge >= 0.3 is 0 Å². The molecule has 3 rings (SSSR count). The van der Waals surface area contributed by atoms with Crippen molar-refractivity contribution in [3.05, 3.63) is 67.9 Å². The Labute approximate surface area is 193 Å². The number of hydrogen-bond donors (Lipinski definition) is 0. The second-order valence-electron chi connectivity index (χ2n) is 7.81. The molecule has 1 heterocycles. The third kappa shape index (κ3) is 5.49. The lowest BCUT2D eigenvalue weighted by molar-refractivity contribution is -0.385. The van der Waals surface area contributed by atoms with Gasteiger partial charge in [-0.25, -0.2) is 4.39 Å². The molecule has 2 aromatic rings. The van der Waals surface area contributed by atoms with Gasteiger partial charge in [0.15, 0.2) is 12.9 Å². The summed E-state index contributed by atoms with van der Waals surface area (Å²) in [4.78, 5) is 38.5. The van der Waals surface area contributed by atoms with E-state index in [9.17, 15) is 24.1 Å². The lowest BCUT2D eigenvalue weighted by Gasteiger charge is -2.44. The number of carbonyl (C=O) groups excluding carboxylic acids is 2. The fraction of sp³-hybridized carbons (Fsp3) is 0.364. The van der Waals surface area contributed by atoms with Gasteiger partial charge in [0.2, 0.25) is 0 Å². The van der Waals surface area contributed by atoms with Gasteiger partial charge in [0.05, 0.1) is 15.0 Å². The standard InChI is InChI=1S/C22H23BrFN3O5/c1-14-10-26(15(2)9-25(14)11-16-3-5-18(24)6-4-16)21(29)13-32-22-17(12-28)7-19(27(30)31)8-20(22)23/h3-8,12,14-15H,9-11,13H2,1-2H3/t14-,15+/m1/s1. The topological polar surface area (TPSA) is 93.0 Å². The van der Waals surface area contributed by atoms with Gasteiger partial charge in [-0.05, 0) is 47.5 Å². The van der Waals surface area contributed by atoms with Gasteiger partial charge in [0.1, 0.15) is 11.6 Å². The molecule has 0 unspecified atom stereocenters. The zero-order chi connectivity index (χ0) is 23.4. The first-order valence-corrected chi connectivity index (χ1v) is 10.8. The predicted octanol–water partition coefficient (Wildman–Crippen LogP) is 3.81. The highest BCUT2D eigenvalue weighted by Gasteiger charge is 2.32. The highest BCUT2D eigenvalue weighted by Crippen LogP contribution is 2.33. The highest BCUT2D eigenvalue weighted by molar-refractivity contribution is 9.10. The van der Waals surface area contributed by atoms with Gasteiger partial charge in [0.25, 0.3) is 11.6 Å². The molecule has 1 aliphatic heterocycles. The summed E-state index contributed by atoms with van der Waals surface area (Å²) in [6, 6.07) is 8.72. The molecule has 2 aromatic carbocycles. The molecule has 0 aromatic heterocycles. The van der Waals surface area contributed by atoms with Crippen molar-refractivity contribution < 1.29 is 23.6 Å². The number of aldehydes is 1. The molecule has 0 aliphatic carbocycles. The Hall–Kier alpha value is -2.85. The van der Waals surface area contributed by atoms with Crippen LogP contribution in [0.15, 0.2) is 40.9 Å². The summed E-state index contributed by atoms with van der Waals surface area (Å²) in [5.41, 5.74) is 0.736. The number of amides is 1. The minimum atomic E-state index is -0.610. The number of halogens is 2. The molecule has 10 heteroatoms. The monoisotopic (exact) mass is 507 g/mol. The van der Waals surface area contributed by atoms with Crippen LogP contribution in [-0.4, -0.2) is 58.7 Å². The molecule has 0 radical (unpaired) electrons. The normalized spacial score (nSPS) is 18.9. The number of nitrogens with zero attached hydrogens (tertiary/aromatic N) is 3. The van der Waals surface area contributed by atoms with Gasteiger partial charge in [-0.2, -0.15) is 0 Å². The van der Waals surface area contributed by atoms with Crippen LogP contribution in [-0.2, 0) is 11.3 Å². The number of ether oxygens (including phenoxy) is 1. The molecule has 0 saturated carbocycles. The molecule has 32 heavy (non-hydrogen) atoms. The first-order chi connectivity index (χ1) is 15.2. The van der Waals surface area contributed by atoms with Crippen LogP contribution in [0, 0.1) is 15.9 Å². The van der Waals surface area contributed by atoms with Crippen LogP contribution in [0.3, 0.4) is 0 Å². The second-order valence-corrected chi connectivity index (χ2v) is 8.66. The van der Waals surface area contributed by atoms with Crippen LogP contribution in [0.5, 0.6) is 5.75 Å². The number of rotatable bonds is 7. The summed E-state index contributed by atoms with van der Waals surface area (Å²) >= 11 is 3.18. The Morgan fingerprint density at radius 2 is 1.94 bits per heavy atom. The summed E-state index contributed by atoms with van der Waals surface area (Å²) in [6.45, 7) is 5.46. The van der Waals surface area contributed by atoms with Crippen LogP contribution in [0.25, 0.3) is 0 Å². The van der Waals surface area contributed by atoms with E-state index in [4.69, 9.17) is 4.74 Å². The quantitative estimate of drug-likeness (QED) is 0.321. The number of hydrogen-bond acceptors (Lipinski definition) is 6. The third-order valence-corrected chi connectivity index (χ3v) is 6.06. The van der Waals surface area contributed by atoms with E-state index in [2.05, 4.69) is 20.8 Å². The molecule has 2 atom stereocenters. The van der Waals surface area contributed by atoms with E-state index >= 15 is 0 Å². The third-order valence-electron chi connectivity index (χ3n) is 5.47. The summed E-state index contributed by atoms with van der Waals surface area (Å²) in [5, 5.41) is 11.0. The van der Waals surface area contributed by atoms with Gasteiger partial charge in [-0.15, -0.1) is 0 Å². The minimum Gasteiger partial charge on any atom is -0.482 e. The summed E-state index contributed by atoms with van der Waals surface area (Å²) in [6.07, 6.45) is 0.455. The van der Waals surface area contributed by atoms with Crippen molar-refractivity contribution in [2.75, 3.05) is 19.7 Å². The van der Waals surface area contributed by atoms with Crippen molar-refractivity contribution in [1.82, 2.24) is 9.80 Å². The highest BCUT2D eigenvalue weighted by atomic mass is 79.9. The molecular weight excluding hydrogens is 485 g/mol. The van der Waals surface area contributed by atoms with Crippen LogP contribution in [0.2, 0.25) is 0 Å². The van der Waals surface area contributed by atoms with Crippen molar-refractivity contribution in [3.63, 3.8) is 0 Å². The van der Waals surface area contributed by atoms with E-state index in [-0.39, 0.29) is 51.9 Å². The van der Waals surface area contributed by atoms with Crippen molar-refractivity contribution in [2.24, 2.45) is 0 Å². The smallest absolute Gasteiger partial charge is 0.271 e. The van der Waals surface area contributed by atoms with E-state index in [0.29, 0.717) is 25.9 Å². The molecule has 170 valence electrons. The SMILES string of the molecule is C[C@@H]1CN(C(=O)COc2c(Br)cc([N+](=O)[O-])cc2C=O)[C@@H](C)CN1Cc1ccc(F)cc1. The number of non-ortho nitro benzene ring substituents is 1. The Morgan fingerprint density at radius 3 is 2.56 bits per heavy atom. The van der Waals surface area contributed by atoms with E-state index < -0.39 is 4.92 Å². The summed E-state index contributed by atoms with van der Waals surface area (Å²) in [7, 11) is 0. The molecule has 1 amide bonds. The first kappa shape index (κ1) is 23.8. The molecule has 8 nitrogen and oxygen atoms in total. The number of nitro benzene ring substituents is 1. The van der Waals surface area contributed by atoms with Crippen LogP contribution in [0.1, 0.15) is 29.8 Å². The van der Waals surface area contributed by atoms with Crippen LogP contribution in [0.4, 0.5) is 10.1 Å². The van der Waals surface area contributed by atoms with Crippen molar-refractivity contribution in [2.45, 2.75) is 32.5 Å². The Balaban J connectivity index is 1.63. The number of piperazine rings is 1. The summed E-state index contributed by atoms with van der Waals surface area (Å²) < 4.78 is 19.0. The molecule has 1 saturated heterocycles. The van der Waals surface area contributed by atoms with Gasteiger partial charge in [-0.1, -0.05) is 12.1 Å². The molecule has 1 aliphatic rings. The Kier molecular flexibility index (Phi) is 7.57. The van der Waals surface area contributed by atoms with E-state index in [0.717, 1.165) is 11.6 Å². The maximum absolute atomic E-state index is 13.1. The van der Waals surface area contributed by atoms with Gasteiger partial charge < -0.3 is 9.64 Å². The zero-order valence-corrected chi connectivity index (χ0v) is 19.2. The fourth-order valence-electron chi connectivity index (χ4n) is 3.75. The molecular formula is C22H23BrFN3O5. The van der Waals surface area contributed by atoms with Crippen molar-refractivity contribution in [3.8, 4) is 5.75 Å². The number of benzene rings is 2. The maximum atomic E-state index is 13.1. The van der Waals surface area contributed by atoms with Crippen molar-refractivity contribution in [1.29, 1.82) is 0 Å². The Morgan fingerprint density at radius 1 is 1.25 bits per heavy atom. The van der Waals surface area contributed by atoms with Gasteiger partial charge in [-0.3, -0.25) is 24.6 Å². The lowest BCUT2D eigenvalue weighted by Crippen LogP contribution is -2.58. The lowest BCUT2D eigenvalue weighted by atomic mass is 10.1. The summed E-state index contributed by atoms with van der Waals surface area (Å²) in [5.74, 6) is -0.426. The second kappa shape index (κ2) is 10.2. The average molecular weight is 508 g/mol. The number of nitro groups is 1.